The Kier molecular flexibility index (Phi) is 4.16. The number of rotatable bonds is 6. The molecular formula is C14H18N2O3. The van der Waals surface area contributed by atoms with Gasteiger partial charge >= 0.3 is 5.97 Å². The second kappa shape index (κ2) is 5.84. The molecule has 0 bridgehead atoms. The van der Waals surface area contributed by atoms with Crippen LogP contribution in [0, 0.1) is 0 Å². The molecule has 0 aromatic heterocycles. The zero-order chi connectivity index (χ0) is 13.8. The first-order valence-corrected chi connectivity index (χ1v) is 6.39. The summed E-state index contributed by atoms with van der Waals surface area (Å²) in [4.78, 5) is 24.4. The first kappa shape index (κ1) is 13.5. The van der Waals surface area contributed by atoms with Crippen molar-refractivity contribution < 1.29 is 14.7 Å². The summed E-state index contributed by atoms with van der Waals surface area (Å²) >= 11 is 0. The van der Waals surface area contributed by atoms with E-state index in [2.05, 4.69) is 0 Å². The van der Waals surface area contributed by atoms with Gasteiger partial charge in [0.15, 0.2) is 0 Å². The highest BCUT2D eigenvalue weighted by Gasteiger charge is 2.35. The van der Waals surface area contributed by atoms with Crippen molar-refractivity contribution in [3.63, 3.8) is 0 Å². The van der Waals surface area contributed by atoms with E-state index in [-0.39, 0.29) is 18.5 Å². The molecule has 1 aromatic carbocycles. The smallest absolute Gasteiger partial charge is 0.323 e. The van der Waals surface area contributed by atoms with Crippen LogP contribution in [0.1, 0.15) is 18.4 Å². The summed E-state index contributed by atoms with van der Waals surface area (Å²) in [5.41, 5.74) is 6.89. The number of carboxylic acid groups (broad SMARTS) is 1. The number of nitrogens with zero attached hydrogens (tertiary/aromatic N) is 1. The molecule has 5 heteroatoms. The third-order valence-corrected chi connectivity index (χ3v) is 3.19. The molecule has 3 N–H and O–H groups in total. The highest BCUT2D eigenvalue weighted by molar-refractivity contribution is 5.86. The number of amides is 1. The van der Waals surface area contributed by atoms with E-state index in [0.717, 1.165) is 18.4 Å². The summed E-state index contributed by atoms with van der Waals surface area (Å²) in [5, 5.41) is 8.85. The predicted molar refractivity (Wildman–Crippen MR) is 70.5 cm³/mol. The Balaban J connectivity index is 1.98. The molecule has 1 saturated carbocycles. The van der Waals surface area contributed by atoms with E-state index in [9.17, 15) is 9.59 Å². The Morgan fingerprint density at radius 1 is 1.32 bits per heavy atom. The Labute approximate surface area is 112 Å². The Hall–Kier alpha value is -1.88. The number of benzene rings is 1. The molecule has 1 atom stereocenters. The average Bonchev–Trinajstić information content (AvgIpc) is 3.20. The summed E-state index contributed by atoms with van der Waals surface area (Å²) in [6.07, 6.45) is 2.18. The number of carbonyl (C=O) groups is 2. The highest BCUT2D eigenvalue weighted by atomic mass is 16.4. The maximum Gasteiger partial charge on any atom is 0.323 e. The maximum absolute atomic E-state index is 12.2. The second-order valence-electron chi connectivity index (χ2n) is 4.89. The van der Waals surface area contributed by atoms with E-state index in [4.69, 9.17) is 10.8 Å². The lowest BCUT2D eigenvalue weighted by atomic mass is 10.1. The van der Waals surface area contributed by atoms with Gasteiger partial charge in [0.05, 0.1) is 6.04 Å². The lowest BCUT2D eigenvalue weighted by Crippen LogP contribution is -2.47. The van der Waals surface area contributed by atoms with Crippen molar-refractivity contribution in [1.82, 2.24) is 4.90 Å². The minimum Gasteiger partial charge on any atom is -0.480 e. The van der Waals surface area contributed by atoms with Crippen molar-refractivity contribution in [2.45, 2.75) is 31.3 Å². The van der Waals surface area contributed by atoms with Crippen LogP contribution in [-0.2, 0) is 16.0 Å². The molecule has 1 aromatic rings. The first-order chi connectivity index (χ1) is 9.08. The van der Waals surface area contributed by atoms with Crippen molar-refractivity contribution in [2.75, 3.05) is 6.54 Å². The average molecular weight is 262 g/mol. The van der Waals surface area contributed by atoms with Gasteiger partial charge in [0.1, 0.15) is 6.54 Å². The lowest BCUT2D eigenvalue weighted by Gasteiger charge is -2.24. The number of aliphatic carboxylic acids is 1. The molecular weight excluding hydrogens is 244 g/mol. The van der Waals surface area contributed by atoms with E-state index >= 15 is 0 Å². The molecule has 0 unspecified atom stereocenters. The summed E-state index contributed by atoms with van der Waals surface area (Å²) in [6, 6.07) is 8.88. The van der Waals surface area contributed by atoms with Crippen molar-refractivity contribution in [2.24, 2.45) is 5.73 Å². The highest BCUT2D eigenvalue weighted by Crippen LogP contribution is 2.27. The van der Waals surface area contributed by atoms with Gasteiger partial charge in [0.2, 0.25) is 5.91 Å². The van der Waals surface area contributed by atoms with Crippen LogP contribution in [0.2, 0.25) is 0 Å². The fourth-order valence-corrected chi connectivity index (χ4v) is 2.09. The molecule has 1 fully saturated rings. The molecule has 0 spiro atoms. The molecule has 0 aliphatic heterocycles. The summed E-state index contributed by atoms with van der Waals surface area (Å²) < 4.78 is 0. The molecule has 0 heterocycles. The largest absolute Gasteiger partial charge is 0.480 e. The number of carboxylic acids is 1. The quantitative estimate of drug-likeness (QED) is 0.787. The third kappa shape index (κ3) is 3.79. The van der Waals surface area contributed by atoms with Crippen LogP contribution in [0.15, 0.2) is 30.3 Å². The van der Waals surface area contributed by atoms with Gasteiger partial charge in [-0.2, -0.15) is 0 Å². The van der Waals surface area contributed by atoms with Crippen LogP contribution in [0.3, 0.4) is 0 Å². The third-order valence-electron chi connectivity index (χ3n) is 3.19. The minimum atomic E-state index is -0.993. The van der Waals surface area contributed by atoms with Crippen molar-refractivity contribution in [1.29, 1.82) is 0 Å². The van der Waals surface area contributed by atoms with Crippen molar-refractivity contribution in [3.05, 3.63) is 35.9 Å². The van der Waals surface area contributed by atoms with E-state index in [1.807, 2.05) is 30.3 Å². The molecule has 102 valence electrons. The standard InChI is InChI=1S/C14H18N2O3/c15-12(8-10-4-2-1-3-5-10)14(19)16(9-13(17)18)11-6-7-11/h1-5,11-12H,6-9,15H2,(H,17,18)/t12-/m0/s1. The molecule has 2 rings (SSSR count). The monoisotopic (exact) mass is 262 g/mol. The van der Waals surface area contributed by atoms with Crippen LogP contribution in [0.5, 0.6) is 0 Å². The Morgan fingerprint density at radius 3 is 2.47 bits per heavy atom. The van der Waals surface area contributed by atoms with Gasteiger partial charge in [-0.25, -0.2) is 0 Å². The van der Waals surface area contributed by atoms with Gasteiger partial charge in [0, 0.05) is 6.04 Å². The van der Waals surface area contributed by atoms with Gasteiger partial charge in [-0.3, -0.25) is 9.59 Å². The van der Waals surface area contributed by atoms with Crippen LogP contribution in [-0.4, -0.2) is 40.5 Å². The van der Waals surface area contributed by atoms with E-state index in [0.29, 0.717) is 6.42 Å². The van der Waals surface area contributed by atoms with Crippen molar-refractivity contribution >= 4 is 11.9 Å². The molecule has 19 heavy (non-hydrogen) atoms. The minimum absolute atomic E-state index is 0.0606. The predicted octanol–water partition coefficient (Wildman–Crippen LogP) is 0.632. The fraction of sp³-hybridized carbons (Fsp3) is 0.429. The van der Waals surface area contributed by atoms with E-state index < -0.39 is 12.0 Å². The molecule has 1 amide bonds. The second-order valence-corrected chi connectivity index (χ2v) is 4.89. The molecule has 1 aliphatic carbocycles. The number of carbonyl (C=O) groups excluding carboxylic acids is 1. The van der Waals surface area contributed by atoms with Gasteiger partial charge < -0.3 is 15.7 Å². The number of hydrogen-bond acceptors (Lipinski definition) is 3. The van der Waals surface area contributed by atoms with Crippen LogP contribution >= 0.6 is 0 Å². The summed E-state index contributed by atoms with van der Waals surface area (Å²) in [5.74, 6) is -1.26. The molecule has 0 saturated heterocycles. The number of nitrogens with two attached hydrogens (primary N) is 1. The zero-order valence-electron chi connectivity index (χ0n) is 10.7. The summed E-state index contributed by atoms with van der Waals surface area (Å²) in [6.45, 7) is -0.258. The first-order valence-electron chi connectivity index (χ1n) is 6.39. The fourth-order valence-electron chi connectivity index (χ4n) is 2.09. The number of hydrogen-bond donors (Lipinski definition) is 2. The lowest BCUT2D eigenvalue weighted by molar-refractivity contribution is -0.145. The SMILES string of the molecule is N[C@@H](Cc1ccccc1)C(=O)N(CC(=O)O)C1CC1. The zero-order valence-corrected chi connectivity index (χ0v) is 10.7. The molecule has 0 radical (unpaired) electrons. The van der Waals surface area contributed by atoms with Crippen LogP contribution in [0.4, 0.5) is 0 Å². The maximum atomic E-state index is 12.2. The van der Waals surface area contributed by atoms with Gasteiger partial charge in [-0.05, 0) is 24.8 Å². The van der Waals surface area contributed by atoms with Gasteiger partial charge in [-0.15, -0.1) is 0 Å². The molecule has 1 aliphatic rings. The van der Waals surface area contributed by atoms with Crippen LogP contribution < -0.4 is 5.73 Å². The van der Waals surface area contributed by atoms with E-state index in [1.165, 1.54) is 4.90 Å². The van der Waals surface area contributed by atoms with Crippen molar-refractivity contribution in [3.8, 4) is 0 Å². The Morgan fingerprint density at radius 2 is 1.95 bits per heavy atom. The normalized spacial score (nSPS) is 15.8. The summed E-state index contributed by atoms with van der Waals surface area (Å²) in [7, 11) is 0. The van der Waals surface area contributed by atoms with Gasteiger partial charge in [-0.1, -0.05) is 30.3 Å². The van der Waals surface area contributed by atoms with Crippen LogP contribution in [0.25, 0.3) is 0 Å². The molecule has 5 nitrogen and oxygen atoms in total. The van der Waals surface area contributed by atoms with E-state index in [1.54, 1.807) is 0 Å². The van der Waals surface area contributed by atoms with Gasteiger partial charge in [0.25, 0.3) is 0 Å². The topological polar surface area (TPSA) is 83.6 Å². The Bertz CT molecular complexity index is 457.